The SMILES string of the molecule is [C-]#[N+]c1cccc2c1c1ccccc1n2-c1cccc(-c2cccc(C#N)c2-n2c3ccccc3c3cc(-n4c5ccccc5c5ccccc54)ccc32)c1. The first-order valence-electron chi connectivity index (χ1n) is 18.3. The summed E-state index contributed by atoms with van der Waals surface area (Å²) in [5.74, 6) is 0. The quantitative estimate of drug-likeness (QED) is 0.169. The Balaban J connectivity index is 1.16. The van der Waals surface area contributed by atoms with E-state index in [2.05, 4.69) is 164 Å². The van der Waals surface area contributed by atoms with Crippen LogP contribution in [-0.2, 0) is 0 Å². The highest BCUT2D eigenvalue weighted by molar-refractivity contribution is 6.16. The molecule has 0 radical (unpaired) electrons. The predicted octanol–water partition coefficient (Wildman–Crippen LogP) is 13.1. The monoisotopic (exact) mass is 699 g/mol. The van der Waals surface area contributed by atoms with Crippen molar-refractivity contribution in [3.8, 4) is 34.3 Å². The average Bonchev–Trinajstić information content (AvgIpc) is 3.89. The van der Waals surface area contributed by atoms with E-state index in [4.69, 9.17) is 6.57 Å². The van der Waals surface area contributed by atoms with Crippen LogP contribution in [0, 0.1) is 17.9 Å². The summed E-state index contributed by atoms with van der Waals surface area (Å²) in [7, 11) is 0. The Labute approximate surface area is 316 Å². The van der Waals surface area contributed by atoms with Crippen LogP contribution in [0.2, 0.25) is 0 Å². The Hall–Kier alpha value is -7.86. The lowest BCUT2D eigenvalue weighted by Gasteiger charge is -2.17. The molecule has 3 aromatic heterocycles. The maximum atomic E-state index is 10.7. The van der Waals surface area contributed by atoms with Crippen LogP contribution < -0.4 is 0 Å². The topological polar surface area (TPSA) is 42.9 Å². The van der Waals surface area contributed by atoms with Crippen LogP contribution in [0.3, 0.4) is 0 Å². The molecule has 0 aliphatic heterocycles. The molecule has 0 fully saturated rings. The molecule has 0 saturated carbocycles. The largest absolute Gasteiger partial charge is 0.311 e. The van der Waals surface area contributed by atoms with Crippen molar-refractivity contribution in [3.63, 3.8) is 0 Å². The molecule has 0 atom stereocenters. The van der Waals surface area contributed by atoms with Crippen molar-refractivity contribution in [2.45, 2.75) is 0 Å². The Morgan fingerprint density at radius 3 is 1.65 bits per heavy atom. The molecule has 254 valence electrons. The van der Waals surface area contributed by atoms with E-state index in [0.29, 0.717) is 11.3 Å². The first-order chi connectivity index (χ1) is 27.2. The molecule has 0 spiro atoms. The molecule has 5 heteroatoms. The van der Waals surface area contributed by atoms with Crippen LogP contribution >= 0.6 is 0 Å². The van der Waals surface area contributed by atoms with Crippen molar-refractivity contribution in [3.05, 3.63) is 193 Å². The van der Waals surface area contributed by atoms with E-state index in [0.717, 1.165) is 82.8 Å². The minimum absolute atomic E-state index is 0.593. The van der Waals surface area contributed by atoms with Crippen LogP contribution in [0.1, 0.15) is 5.56 Å². The van der Waals surface area contributed by atoms with E-state index in [1.54, 1.807) is 0 Å². The molecule has 8 aromatic carbocycles. The van der Waals surface area contributed by atoms with Gasteiger partial charge in [0.25, 0.3) is 0 Å². The summed E-state index contributed by atoms with van der Waals surface area (Å²) in [6.45, 7) is 7.90. The Kier molecular flexibility index (Phi) is 6.61. The van der Waals surface area contributed by atoms with Crippen molar-refractivity contribution in [1.82, 2.24) is 13.7 Å². The molecule has 3 heterocycles. The summed E-state index contributed by atoms with van der Waals surface area (Å²) in [6, 6.07) is 63.6. The minimum Gasteiger partial charge on any atom is -0.311 e. The van der Waals surface area contributed by atoms with E-state index < -0.39 is 0 Å². The summed E-state index contributed by atoms with van der Waals surface area (Å²) >= 11 is 0. The third kappa shape index (κ3) is 4.39. The smallest absolute Gasteiger partial charge is 0.197 e. The Morgan fingerprint density at radius 1 is 0.436 bits per heavy atom. The van der Waals surface area contributed by atoms with Crippen molar-refractivity contribution in [1.29, 1.82) is 5.26 Å². The second-order valence-corrected chi connectivity index (χ2v) is 13.9. The van der Waals surface area contributed by atoms with Crippen molar-refractivity contribution in [2.75, 3.05) is 0 Å². The molecule has 0 unspecified atom stereocenters. The van der Waals surface area contributed by atoms with Gasteiger partial charge in [-0.2, -0.15) is 5.26 Å². The van der Waals surface area contributed by atoms with Gasteiger partial charge in [0.2, 0.25) is 0 Å². The highest BCUT2D eigenvalue weighted by Gasteiger charge is 2.21. The van der Waals surface area contributed by atoms with Crippen molar-refractivity contribution in [2.24, 2.45) is 0 Å². The summed E-state index contributed by atoms with van der Waals surface area (Å²) in [6.07, 6.45) is 0. The molecule has 0 saturated heterocycles. The molecule has 11 rings (SSSR count). The number of aromatic nitrogens is 3. The molecule has 55 heavy (non-hydrogen) atoms. The zero-order valence-corrected chi connectivity index (χ0v) is 29.5. The van der Waals surface area contributed by atoms with E-state index in [1.807, 2.05) is 36.4 Å². The number of benzene rings is 8. The second kappa shape index (κ2) is 11.8. The molecular weight excluding hydrogens is 671 g/mol. The van der Waals surface area contributed by atoms with Gasteiger partial charge in [-0.1, -0.05) is 109 Å². The summed E-state index contributed by atoms with van der Waals surface area (Å²) in [5, 5.41) is 17.4. The lowest BCUT2D eigenvalue weighted by molar-refractivity contribution is 1.15. The van der Waals surface area contributed by atoms with E-state index in [9.17, 15) is 5.26 Å². The van der Waals surface area contributed by atoms with E-state index >= 15 is 0 Å². The van der Waals surface area contributed by atoms with Crippen molar-refractivity contribution < 1.29 is 0 Å². The predicted molar refractivity (Wildman–Crippen MR) is 226 cm³/mol. The lowest BCUT2D eigenvalue weighted by atomic mass is 9.99. The van der Waals surface area contributed by atoms with Gasteiger partial charge in [-0.25, -0.2) is 4.85 Å². The van der Waals surface area contributed by atoms with Gasteiger partial charge in [0, 0.05) is 49.4 Å². The first kappa shape index (κ1) is 30.7. The summed E-state index contributed by atoms with van der Waals surface area (Å²) in [4.78, 5) is 3.88. The number of para-hydroxylation sites is 5. The average molecular weight is 700 g/mol. The van der Waals surface area contributed by atoms with Gasteiger partial charge in [0.15, 0.2) is 5.69 Å². The highest BCUT2D eigenvalue weighted by Crippen LogP contribution is 2.42. The van der Waals surface area contributed by atoms with Gasteiger partial charge in [0.1, 0.15) is 6.07 Å². The third-order valence-corrected chi connectivity index (χ3v) is 11.1. The standard InChI is InChI=1S/C50H29N5/c1-52-42-21-12-26-48-49(42)40-19-5-9-25-46(40)54(48)34-15-10-13-32(29-34)36-20-11-14-33(31-51)50(36)55-45-24-8-4-18-39(45)41-30-35(27-28-47(41)55)53-43-22-6-2-16-37(43)38-17-3-7-23-44(38)53/h2-30H. The van der Waals surface area contributed by atoms with E-state index in [-0.39, 0.29) is 0 Å². The minimum atomic E-state index is 0.593. The molecule has 0 aliphatic carbocycles. The number of nitrogens with zero attached hydrogens (tertiary/aromatic N) is 5. The molecular formula is C50H29N5. The van der Waals surface area contributed by atoms with Gasteiger partial charge in [-0.05, 0) is 77.7 Å². The number of nitriles is 1. The van der Waals surface area contributed by atoms with Gasteiger partial charge >= 0.3 is 0 Å². The van der Waals surface area contributed by atoms with Crippen LogP contribution in [0.5, 0.6) is 0 Å². The lowest BCUT2D eigenvalue weighted by Crippen LogP contribution is -2.02. The first-order valence-corrected chi connectivity index (χ1v) is 18.3. The Bertz CT molecular complexity index is 3420. The number of hydrogen-bond acceptors (Lipinski definition) is 1. The number of hydrogen-bond donors (Lipinski definition) is 0. The molecule has 5 nitrogen and oxygen atoms in total. The maximum Gasteiger partial charge on any atom is 0.197 e. The molecule has 0 aliphatic rings. The van der Waals surface area contributed by atoms with Crippen LogP contribution in [0.25, 0.3) is 98.5 Å². The van der Waals surface area contributed by atoms with Gasteiger partial charge in [-0.3, -0.25) is 0 Å². The van der Waals surface area contributed by atoms with Gasteiger partial charge in [0.05, 0.1) is 45.4 Å². The Morgan fingerprint density at radius 2 is 0.964 bits per heavy atom. The van der Waals surface area contributed by atoms with Gasteiger partial charge < -0.3 is 13.7 Å². The fourth-order valence-electron chi connectivity index (χ4n) is 8.83. The summed E-state index contributed by atoms with van der Waals surface area (Å²) < 4.78 is 6.86. The van der Waals surface area contributed by atoms with Crippen LogP contribution in [0.15, 0.2) is 176 Å². The van der Waals surface area contributed by atoms with Crippen LogP contribution in [-0.4, -0.2) is 13.7 Å². The maximum absolute atomic E-state index is 10.7. The van der Waals surface area contributed by atoms with Gasteiger partial charge in [-0.15, -0.1) is 0 Å². The fourth-order valence-corrected chi connectivity index (χ4v) is 8.83. The fraction of sp³-hybridized carbons (Fsp3) is 0. The molecule has 0 N–H and O–H groups in total. The highest BCUT2D eigenvalue weighted by atomic mass is 15.0. The zero-order chi connectivity index (χ0) is 36.6. The zero-order valence-electron chi connectivity index (χ0n) is 29.5. The van der Waals surface area contributed by atoms with Crippen LogP contribution in [0.4, 0.5) is 5.69 Å². The second-order valence-electron chi connectivity index (χ2n) is 13.9. The molecule has 11 aromatic rings. The molecule has 0 bridgehead atoms. The summed E-state index contributed by atoms with van der Waals surface area (Å²) in [5.41, 5.74) is 12.5. The molecule has 0 amide bonds. The third-order valence-electron chi connectivity index (χ3n) is 11.1. The number of fused-ring (bicyclic) bond motifs is 9. The normalized spacial score (nSPS) is 11.6. The van der Waals surface area contributed by atoms with E-state index in [1.165, 1.54) is 10.8 Å². The number of rotatable bonds is 4. The van der Waals surface area contributed by atoms with Crippen molar-refractivity contribution >= 4 is 71.1 Å².